The normalized spacial score (nSPS) is 11.5. The van der Waals surface area contributed by atoms with Crippen LogP contribution in [0.5, 0.6) is 11.5 Å². The number of para-hydroxylation sites is 2. The van der Waals surface area contributed by atoms with Crippen molar-refractivity contribution in [3.05, 3.63) is 167 Å². The molecule has 0 amide bonds. The number of rotatable bonds is 5. The second-order valence-electron chi connectivity index (χ2n) is 18.1. The van der Waals surface area contributed by atoms with Crippen LogP contribution >= 0.6 is 0 Å². The van der Waals surface area contributed by atoms with Gasteiger partial charge in [-0.1, -0.05) is 179 Å². The second-order valence-corrected chi connectivity index (χ2v) is 18.1. The summed E-state index contributed by atoms with van der Waals surface area (Å²) < 4.78 is 0. The third-order valence-electron chi connectivity index (χ3n) is 9.20. The van der Waals surface area contributed by atoms with Gasteiger partial charge < -0.3 is 20.8 Å². The standard InChI is InChI=1S/C40H50N2O2.2C5H5N.Os/c1-37(2,3)25-21-29(39(7,8)9)35(43)33(23-25)41-31-19-15-13-17-27(31)28-18-14-16-20-32(28)42-34-24-26(38(4,5)6)22-30(36(34)44)40(10,11)12;2*1-2-4-6-5-3-1;/h13-24,43-44H,1-12H3;2*1-5H;/q-2;;;+4/p-2. The summed E-state index contributed by atoms with van der Waals surface area (Å²) in [5.74, 6) is -0.106. The summed E-state index contributed by atoms with van der Waals surface area (Å²) in [5, 5.41) is 37.6. The minimum atomic E-state index is -0.322. The van der Waals surface area contributed by atoms with E-state index in [2.05, 4.69) is 93.1 Å². The van der Waals surface area contributed by atoms with Gasteiger partial charge in [0, 0.05) is 24.8 Å². The van der Waals surface area contributed by atoms with E-state index in [9.17, 15) is 10.2 Å². The van der Waals surface area contributed by atoms with E-state index in [0.29, 0.717) is 22.7 Å². The molecule has 0 radical (unpaired) electrons. The molecule has 7 heteroatoms. The summed E-state index contributed by atoms with van der Waals surface area (Å²) in [7, 11) is 0. The van der Waals surface area contributed by atoms with Gasteiger partial charge in [-0.05, 0) is 68.2 Å². The first-order chi connectivity index (χ1) is 26.2. The number of nitrogens with zero attached hydrogens (tertiary/aromatic N) is 4. The second kappa shape index (κ2) is 19.4. The smallest absolute Gasteiger partial charge is 0.873 e. The van der Waals surface area contributed by atoms with E-state index in [4.69, 9.17) is 10.6 Å². The monoisotopic (exact) mass is 938 g/mol. The van der Waals surface area contributed by atoms with Gasteiger partial charge in [0.2, 0.25) is 0 Å². The van der Waals surface area contributed by atoms with E-state index >= 15 is 0 Å². The van der Waals surface area contributed by atoms with E-state index in [1.807, 2.05) is 109 Å². The Bertz CT molecular complexity index is 1950. The Morgan fingerprint density at radius 3 is 0.947 bits per heavy atom. The molecular formula is C50H58N4O2Os. The minimum absolute atomic E-state index is 0. The summed E-state index contributed by atoms with van der Waals surface area (Å²) in [6.07, 6.45) is 7.00. The van der Waals surface area contributed by atoms with Crippen LogP contribution in [0.2, 0.25) is 0 Å². The van der Waals surface area contributed by atoms with E-state index < -0.39 is 0 Å². The van der Waals surface area contributed by atoms with Crippen LogP contribution in [0, 0.1) is 0 Å². The summed E-state index contributed by atoms with van der Waals surface area (Å²) in [6, 6.07) is 35.0. The molecule has 0 saturated heterocycles. The molecule has 0 unspecified atom stereocenters. The van der Waals surface area contributed by atoms with Gasteiger partial charge in [-0.2, -0.15) is 0 Å². The van der Waals surface area contributed by atoms with E-state index in [0.717, 1.165) is 33.4 Å². The van der Waals surface area contributed by atoms with Crippen LogP contribution in [0.15, 0.2) is 134 Å². The quantitative estimate of drug-likeness (QED) is 0.172. The zero-order valence-electron chi connectivity index (χ0n) is 35.7. The van der Waals surface area contributed by atoms with Crippen LogP contribution < -0.4 is 10.2 Å². The van der Waals surface area contributed by atoms with Crippen molar-refractivity contribution < 1.29 is 30.0 Å². The average Bonchev–Trinajstić information content (AvgIpc) is 3.14. The summed E-state index contributed by atoms with van der Waals surface area (Å²) >= 11 is 0. The molecule has 0 fully saturated rings. The molecule has 6 rings (SSSR count). The van der Waals surface area contributed by atoms with Gasteiger partial charge in [0.1, 0.15) is 0 Å². The Morgan fingerprint density at radius 2 is 0.702 bits per heavy atom. The van der Waals surface area contributed by atoms with E-state index in [-0.39, 0.29) is 52.9 Å². The molecular weight excluding hydrogens is 879 g/mol. The summed E-state index contributed by atoms with van der Waals surface area (Å²) in [5.41, 5.74) is 6.64. The fourth-order valence-corrected chi connectivity index (χ4v) is 5.86. The Morgan fingerprint density at radius 1 is 0.386 bits per heavy atom. The first-order valence-electron chi connectivity index (χ1n) is 19.2. The van der Waals surface area contributed by atoms with Crippen molar-refractivity contribution in [2.24, 2.45) is 0 Å². The largest absolute Gasteiger partial charge is 4.00 e. The molecule has 2 aromatic heterocycles. The first-order valence-corrected chi connectivity index (χ1v) is 19.2. The number of aromatic nitrogens is 2. The molecule has 0 spiro atoms. The minimum Gasteiger partial charge on any atom is -0.873 e. The van der Waals surface area contributed by atoms with Crippen LogP contribution in [0.25, 0.3) is 21.8 Å². The Labute approximate surface area is 355 Å². The van der Waals surface area contributed by atoms with E-state index in [1.54, 1.807) is 24.8 Å². The average molecular weight is 937 g/mol. The molecule has 0 saturated carbocycles. The molecule has 0 aliphatic carbocycles. The van der Waals surface area contributed by atoms with Gasteiger partial charge in [-0.3, -0.25) is 9.97 Å². The molecule has 4 aromatic carbocycles. The van der Waals surface area contributed by atoms with Crippen molar-refractivity contribution in [3.63, 3.8) is 0 Å². The maximum Gasteiger partial charge on any atom is 4.00 e. The summed E-state index contributed by atoms with van der Waals surface area (Å²) in [4.78, 5) is 7.57. The molecule has 57 heavy (non-hydrogen) atoms. The zero-order chi connectivity index (χ0) is 41.3. The van der Waals surface area contributed by atoms with Crippen molar-refractivity contribution in [3.8, 4) is 22.6 Å². The Balaban J connectivity index is 0.000000568. The van der Waals surface area contributed by atoms with Crippen LogP contribution in [-0.4, -0.2) is 9.97 Å². The van der Waals surface area contributed by atoms with Crippen molar-refractivity contribution in [2.75, 3.05) is 0 Å². The van der Waals surface area contributed by atoms with Gasteiger partial charge in [-0.15, -0.1) is 34.2 Å². The molecule has 0 bridgehead atoms. The van der Waals surface area contributed by atoms with Crippen molar-refractivity contribution in [1.82, 2.24) is 9.97 Å². The fraction of sp³-hybridized carbons (Fsp3) is 0.320. The first kappa shape index (κ1) is 46.4. The third kappa shape index (κ3) is 13.0. The SMILES string of the molecule is CC(C)(C)c1cc([N-]c2ccccc2-c2ccccc2[N-]c2cc(C(C)(C)C)cc(C(C)(C)C)c2[O-])c([O-])c(C(C)(C)C)c1.[Os+4].c1ccncc1.c1ccncc1. The van der Waals surface area contributed by atoms with Gasteiger partial charge in [-0.25, -0.2) is 0 Å². The predicted molar refractivity (Wildman–Crippen MR) is 232 cm³/mol. The molecule has 0 atom stereocenters. The molecule has 6 aromatic rings. The molecule has 0 N–H and O–H groups in total. The number of hydrogen-bond donors (Lipinski definition) is 0. The molecule has 2 heterocycles. The maximum absolute atomic E-state index is 13.8. The number of hydrogen-bond acceptors (Lipinski definition) is 4. The number of benzene rings is 4. The van der Waals surface area contributed by atoms with Crippen LogP contribution in [0.1, 0.15) is 105 Å². The summed E-state index contributed by atoms with van der Waals surface area (Å²) in [6.45, 7) is 25.3. The number of pyridine rings is 2. The predicted octanol–water partition coefficient (Wildman–Crippen LogP) is 13.5. The third-order valence-corrected chi connectivity index (χ3v) is 9.20. The van der Waals surface area contributed by atoms with Gasteiger partial charge in [0.05, 0.1) is 0 Å². The van der Waals surface area contributed by atoms with Gasteiger partial charge >= 0.3 is 19.8 Å². The Hall–Kier alpha value is -4.98. The maximum atomic E-state index is 13.8. The molecule has 0 aliphatic heterocycles. The molecule has 0 aliphatic rings. The van der Waals surface area contributed by atoms with Gasteiger partial charge in [0.15, 0.2) is 0 Å². The molecule has 6 nitrogen and oxygen atoms in total. The topological polar surface area (TPSA) is 100 Å². The van der Waals surface area contributed by atoms with Gasteiger partial charge in [0.25, 0.3) is 0 Å². The van der Waals surface area contributed by atoms with Crippen molar-refractivity contribution in [1.29, 1.82) is 0 Å². The van der Waals surface area contributed by atoms with Crippen molar-refractivity contribution >= 4 is 22.7 Å². The zero-order valence-corrected chi connectivity index (χ0v) is 38.2. The van der Waals surface area contributed by atoms with Crippen LogP contribution in [-0.2, 0) is 41.5 Å². The fourth-order valence-electron chi connectivity index (χ4n) is 5.86. The van der Waals surface area contributed by atoms with Crippen LogP contribution in [0.4, 0.5) is 22.7 Å². The van der Waals surface area contributed by atoms with Crippen molar-refractivity contribution in [2.45, 2.75) is 105 Å². The Kier molecular flexibility index (Phi) is 15.8. The van der Waals surface area contributed by atoms with Crippen LogP contribution in [0.3, 0.4) is 0 Å². The van der Waals surface area contributed by atoms with E-state index in [1.165, 1.54) is 0 Å². The molecule has 298 valence electrons.